The molecular weight excluding hydrogens is 260 g/mol. The van der Waals surface area contributed by atoms with Crippen LogP contribution in [0.4, 0.5) is 0 Å². The Bertz CT molecular complexity index is 127. The molecule has 0 bridgehead atoms. The fourth-order valence-electron chi connectivity index (χ4n) is 1.34. The molecule has 1 atom stereocenters. The quantitative estimate of drug-likeness (QED) is 0.643. The molecule has 0 aromatic rings. The number of rotatable bonds is 0. The van der Waals surface area contributed by atoms with Crippen molar-refractivity contribution in [2.75, 3.05) is 34.5 Å². The minimum Gasteiger partial charge on any atom is -0.161 e. The van der Waals surface area contributed by atoms with E-state index in [9.17, 15) is 0 Å². The molecule has 0 radical (unpaired) electrons. The normalized spacial score (nSPS) is 28.2. The van der Waals surface area contributed by atoms with Crippen molar-refractivity contribution in [3.63, 3.8) is 0 Å². The average molecular weight is 283 g/mol. The standard InChI is InChI=1S/C11H22S4/c1-11-14-7-3-2-5-12-9-10-13-6-4-8-15-11/h11H,2-10H2,1H3. The zero-order valence-electron chi connectivity index (χ0n) is 9.57. The van der Waals surface area contributed by atoms with E-state index in [0.29, 0.717) is 0 Å². The van der Waals surface area contributed by atoms with Crippen LogP contribution in [0.2, 0.25) is 0 Å². The molecule has 0 aliphatic carbocycles. The van der Waals surface area contributed by atoms with E-state index in [0.717, 1.165) is 4.58 Å². The summed E-state index contributed by atoms with van der Waals surface area (Å²) in [6.07, 6.45) is 4.22. The molecule has 4 heteroatoms. The lowest BCUT2D eigenvalue weighted by molar-refractivity contribution is 0.906. The Hall–Kier alpha value is 1.40. The van der Waals surface area contributed by atoms with Crippen LogP contribution in [-0.4, -0.2) is 39.1 Å². The minimum absolute atomic E-state index is 0.811. The van der Waals surface area contributed by atoms with E-state index in [1.54, 1.807) is 0 Å². The van der Waals surface area contributed by atoms with Crippen LogP contribution in [0.25, 0.3) is 0 Å². The maximum Gasteiger partial charge on any atom is 0.0474 e. The Kier molecular flexibility index (Phi) is 10.2. The molecule has 0 aromatic carbocycles. The Labute approximate surface area is 112 Å². The number of thioether (sulfide) groups is 4. The minimum atomic E-state index is 0.811. The first-order valence-corrected chi connectivity index (χ1v) is 10.2. The van der Waals surface area contributed by atoms with Crippen LogP contribution in [0.3, 0.4) is 0 Å². The van der Waals surface area contributed by atoms with E-state index >= 15 is 0 Å². The van der Waals surface area contributed by atoms with Crippen LogP contribution in [0.15, 0.2) is 0 Å². The maximum absolute atomic E-state index is 2.36. The first-order valence-electron chi connectivity index (χ1n) is 5.78. The van der Waals surface area contributed by atoms with Gasteiger partial charge in [-0.3, -0.25) is 0 Å². The zero-order valence-corrected chi connectivity index (χ0v) is 12.8. The summed E-state index contributed by atoms with van der Waals surface area (Å²) in [7, 11) is 0. The van der Waals surface area contributed by atoms with Gasteiger partial charge in [-0.05, 0) is 49.2 Å². The topological polar surface area (TPSA) is 0 Å². The smallest absolute Gasteiger partial charge is 0.0474 e. The molecule has 15 heavy (non-hydrogen) atoms. The molecule has 0 saturated carbocycles. The molecule has 0 spiro atoms. The van der Waals surface area contributed by atoms with Crippen molar-refractivity contribution in [2.45, 2.75) is 30.8 Å². The van der Waals surface area contributed by atoms with Crippen LogP contribution >= 0.6 is 47.0 Å². The molecule has 0 amide bonds. The zero-order chi connectivity index (χ0) is 10.8. The highest BCUT2D eigenvalue weighted by Gasteiger charge is 2.03. The van der Waals surface area contributed by atoms with E-state index in [4.69, 9.17) is 0 Å². The van der Waals surface area contributed by atoms with E-state index in [1.165, 1.54) is 53.8 Å². The van der Waals surface area contributed by atoms with Gasteiger partial charge >= 0.3 is 0 Å². The monoisotopic (exact) mass is 282 g/mol. The fourth-order valence-corrected chi connectivity index (χ4v) is 5.93. The molecule has 1 rings (SSSR count). The third kappa shape index (κ3) is 9.13. The summed E-state index contributed by atoms with van der Waals surface area (Å²) in [5, 5.41) is 0. The molecule has 0 N–H and O–H groups in total. The molecule has 1 fully saturated rings. The van der Waals surface area contributed by atoms with Gasteiger partial charge in [0, 0.05) is 16.1 Å². The van der Waals surface area contributed by atoms with Crippen LogP contribution in [0.1, 0.15) is 26.2 Å². The van der Waals surface area contributed by atoms with Crippen molar-refractivity contribution in [1.82, 2.24) is 0 Å². The SMILES string of the molecule is CC1SCCCCSCCSCCCS1. The highest BCUT2D eigenvalue weighted by Crippen LogP contribution is 2.25. The first kappa shape index (κ1) is 14.5. The summed E-state index contributed by atoms with van der Waals surface area (Å²) in [5.41, 5.74) is 0. The van der Waals surface area contributed by atoms with Crippen LogP contribution in [-0.2, 0) is 0 Å². The van der Waals surface area contributed by atoms with Crippen molar-refractivity contribution in [2.24, 2.45) is 0 Å². The molecule has 0 aromatic heterocycles. The molecule has 1 heterocycles. The summed E-state index contributed by atoms with van der Waals surface area (Å²) in [6, 6.07) is 0. The van der Waals surface area contributed by atoms with Gasteiger partial charge in [-0.25, -0.2) is 0 Å². The van der Waals surface area contributed by atoms with Gasteiger partial charge in [-0.1, -0.05) is 0 Å². The van der Waals surface area contributed by atoms with Crippen molar-refractivity contribution in [1.29, 1.82) is 0 Å². The van der Waals surface area contributed by atoms with Gasteiger partial charge in [-0.2, -0.15) is 23.5 Å². The summed E-state index contributed by atoms with van der Waals surface area (Å²) in [5.74, 6) is 8.19. The molecule has 90 valence electrons. The average Bonchev–Trinajstić information content (AvgIpc) is 2.24. The Morgan fingerprint density at radius 3 is 1.93 bits per heavy atom. The molecule has 1 unspecified atom stereocenters. The largest absolute Gasteiger partial charge is 0.161 e. The Morgan fingerprint density at radius 2 is 1.20 bits per heavy atom. The van der Waals surface area contributed by atoms with Crippen molar-refractivity contribution in [3.05, 3.63) is 0 Å². The lowest BCUT2D eigenvalue weighted by Gasteiger charge is -2.11. The van der Waals surface area contributed by atoms with E-state index in [1.807, 2.05) is 0 Å². The Morgan fingerprint density at radius 1 is 0.667 bits per heavy atom. The predicted octanol–water partition coefficient (Wildman–Crippen LogP) is 4.45. The lowest BCUT2D eigenvalue weighted by Crippen LogP contribution is -1.97. The second-order valence-corrected chi connectivity index (χ2v) is 9.24. The van der Waals surface area contributed by atoms with E-state index in [-0.39, 0.29) is 0 Å². The number of hydrogen-bond donors (Lipinski definition) is 0. The third-order valence-electron chi connectivity index (χ3n) is 2.19. The third-order valence-corrected chi connectivity index (χ3v) is 7.40. The van der Waals surface area contributed by atoms with Crippen molar-refractivity contribution in [3.8, 4) is 0 Å². The van der Waals surface area contributed by atoms with Gasteiger partial charge in [0.25, 0.3) is 0 Å². The summed E-state index contributed by atoms with van der Waals surface area (Å²) < 4.78 is 0.811. The van der Waals surface area contributed by atoms with Gasteiger partial charge in [0.05, 0.1) is 0 Å². The van der Waals surface area contributed by atoms with Gasteiger partial charge in [-0.15, -0.1) is 23.5 Å². The molecule has 0 nitrogen and oxygen atoms in total. The molecule has 1 aliphatic rings. The van der Waals surface area contributed by atoms with Crippen LogP contribution < -0.4 is 0 Å². The fraction of sp³-hybridized carbons (Fsp3) is 1.00. The highest BCUT2D eigenvalue weighted by atomic mass is 32.2. The van der Waals surface area contributed by atoms with Gasteiger partial charge < -0.3 is 0 Å². The number of hydrogen-bond acceptors (Lipinski definition) is 4. The highest BCUT2D eigenvalue weighted by molar-refractivity contribution is 8.17. The second-order valence-electron chi connectivity index (χ2n) is 3.59. The summed E-state index contributed by atoms with van der Waals surface area (Å²) >= 11 is 8.58. The molecular formula is C11H22S4. The maximum atomic E-state index is 2.36. The lowest BCUT2D eigenvalue weighted by atomic mass is 10.4. The van der Waals surface area contributed by atoms with E-state index in [2.05, 4.69) is 54.0 Å². The summed E-state index contributed by atoms with van der Waals surface area (Å²) in [4.78, 5) is 0. The van der Waals surface area contributed by atoms with Crippen LogP contribution in [0.5, 0.6) is 0 Å². The summed E-state index contributed by atoms with van der Waals surface area (Å²) in [6.45, 7) is 2.36. The van der Waals surface area contributed by atoms with Crippen molar-refractivity contribution < 1.29 is 0 Å². The molecule has 1 aliphatic heterocycles. The van der Waals surface area contributed by atoms with Crippen LogP contribution in [0, 0.1) is 0 Å². The van der Waals surface area contributed by atoms with Crippen molar-refractivity contribution >= 4 is 47.0 Å². The van der Waals surface area contributed by atoms with Gasteiger partial charge in [0.1, 0.15) is 0 Å². The van der Waals surface area contributed by atoms with Gasteiger partial charge in [0.15, 0.2) is 0 Å². The Balaban J connectivity index is 2.10. The van der Waals surface area contributed by atoms with E-state index < -0.39 is 0 Å². The predicted molar refractivity (Wildman–Crippen MR) is 82.9 cm³/mol. The van der Waals surface area contributed by atoms with Gasteiger partial charge in [0.2, 0.25) is 0 Å². The second kappa shape index (κ2) is 10.5. The molecule has 1 saturated heterocycles. The first-order chi connectivity index (χ1) is 7.39.